The Balaban J connectivity index is 1.60. The van der Waals surface area contributed by atoms with E-state index in [1.54, 1.807) is 0 Å². The third kappa shape index (κ3) is 3.47. The molecular formula is C17H21NO5. The normalized spacial score (nSPS) is 29.0. The maximum absolute atomic E-state index is 12.1. The first-order chi connectivity index (χ1) is 11.1. The standard InChI is InChI=1S/C17H21NO5/c19-15(20)10-17(9-14-13(17)7-4-8-22-14)18-16(21)23-11-12-5-2-1-3-6-12/h1-3,5-6,13-14H,4,7-11H2,(H,18,21)(H,19,20). The van der Waals surface area contributed by atoms with Gasteiger partial charge in [0.2, 0.25) is 0 Å². The number of carbonyl (C=O) groups excluding carboxylic acids is 1. The van der Waals surface area contributed by atoms with Gasteiger partial charge in [-0.25, -0.2) is 4.79 Å². The van der Waals surface area contributed by atoms with E-state index in [0.29, 0.717) is 13.0 Å². The molecule has 1 aliphatic carbocycles. The Kier molecular flexibility index (Phi) is 4.52. The van der Waals surface area contributed by atoms with Crippen LogP contribution in [0.15, 0.2) is 30.3 Å². The molecule has 1 saturated carbocycles. The van der Waals surface area contributed by atoms with E-state index in [2.05, 4.69) is 5.32 Å². The second-order valence-electron chi connectivity index (χ2n) is 6.28. The molecule has 6 heteroatoms. The Hall–Kier alpha value is -2.08. The third-order valence-electron chi connectivity index (χ3n) is 4.75. The fourth-order valence-electron chi connectivity index (χ4n) is 3.65. The highest BCUT2D eigenvalue weighted by Crippen LogP contribution is 2.48. The van der Waals surface area contributed by atoms with E-state index in [0.717, 1.165) is 18.4 Å². The van der Waals surface area contributed by atoms with Gasteiger partial charge in [-0.05, 0) is 24.8 Å². The number of nitrogens with one attached hydrogen (secondary N) is 1. The first-order valence-corrected chi connectivity index (χ1v) is 7.91. The molecule has 1 aromatic carbocycles. The molecule has 3 atom stereocenters. The van der Waals surface area contributed by atoms with Crippen LogP contribution < -0.4 is 5.32 Å². The topological polar surface area (TPSA) is 84.9 Å². The summed E-state index contributed by atoms with van der Waals surface area (Å²) >= 11 is 0. The van der Waals surface area contributed by atoms with Gasteiger partial charge in [0.05, 0.1) is 18.1 Å². The van der Waals surface area contributed by atoms with E-state index in [9.17, 15) is 14.7 Å². The summed E-state index contributed by atoms with van der Waals surface area (Å²) in [7, 11) is 0. The summed E-state index contributed by atoms with van der Waals surface area (Å²) in [6.45, 7) is 0.878. The van der Waals surface area contributed by atoms with Crippen molar-refractivity contribution in [3.8, 4) is 0 Å². The van der Waals surface area contributed by atoms with E-state index in [4.69, 9.17) is 9.47 Å². The summed E-state index contributed by atoms with van der Waals surface area (Å²) in [5, 5.41) is 12.0. The molecule has 2 fully saturated rings. The maximum atomic E-state index is 12.1. The fraction of sp³-hybridized carbons (Fsp3) is 0.529. The second kappa shape index (κ2) is 6.58. The molecule has 0 radical (unpaired) electrons. The minimum atomic E-state index is -0.919. The van der Waals surface area contributed by atoms with Gasteiger partial charge in [0.1, 0.15) is 6.61 Å². The molecule has 1 aromatic rings. The highest BCUT2D eigenvalue weighted by molar-refractivity contribution is 5.73. The molecule has 1 aliphatic heterocycles. The second-order valence-corrected chi connectivity index (χ2v) is 6.28. The smallest absolute Gasteiger partial charge is 0.407 e. The van der Waals surface area contributed by atoms with Crippen LogP contribution in [-0.2, 0) is 20.9 Å². The zero-order chi connectivity index (χ0) is 16.3. The van der Waals surface area contributed by atoms with Crippen LogP contribution in [0.2, 0.25) is 0 Å². The quantitative estimate of drug-likeness (QED) is 0.870. The summed E-state index contributed by atoms with van der Waals surface area (Å²) in [4.78, 5) is 23.3. The van der Waals surface area contributed by atoms with Gasteiger partial charge in [-0.15, -0.1) is 0 Å². The first kappa shape index (κ1) is 15.8. The van der Waals surface area contributed by atoms with Gasteiger partial charge in [0.15, 0.2) is 0 Å². The number of ether oxygens (including phenoxy) is 2. The van der Waals surface area contributed by atoms with Crippen LogP contribution in [0.5, 0.6) is 0 Å². The van der Waals surface area contributed by atoms with Gasteiger partial charge in [0.25, 0.3) is 0 Å². The molecule has 0 aromatic heterocycles. The number of hydrogen-bond acceptors (Lipinski definition) is 4. The number of aliphatic carboxylic acids is 1. The molecule has 0 bridgehead atoms. The first-order valence-electron chi connectivity index (χ1n) is 7.91. The Bertz CT molecular complexity index is 576. The number of carboxylic acids is 1. The minimum Gasteiger partial charge on any atom is -0.481 e. The average Bonchev–Trinajstić information content (AvgIpc) is 2.52. The van der Waals surface area contributed by atoms with E-state index < -0.39 is 17.6 Å². The van der Waals surface area contributed by atoms with Gasteiger partial charge in [-0.2, -0.15) is 0 Å². The Morgan fingerprint density at radius 2 is 2.13 bits per heavy atom. The maximum Gasteiger partial charge on any atom is 0.407 e. The van der Waals surface area contributed by atoms with Crippen LogP contribution in [0, 0.1) is 5.92 Å². The van der Waals surface area contributed by atoms with Gasteiger partial charge < -0.3 is 19.9 Å². The van der Waals surface area contributed by atoms with Crippen molar-refractivity contribution < 1.29 is 24.2 Å². The lowest BCUT2D eigenvalue weighted by atomic mass is 9.60. The SMILES string of the molecule is O=C(O)CC1(NC(=O)OCc2ccccc2)CC2OCCCC21. The number of hydrogen-bond donors (Lipinski definition) is 2. The molecule has 3 rings (SSSR count). The molecular weight excluding hydrogens is 298 g/mol. The Labute approximate surface area is 134 Å². The van der Waals surface area contributed by atoms with Crippen LogP contribution in [0.3, 0.4) is 0 Å². The number of carboxylic acid groups (broad SMARTS) is 1. The van der Waals surface area contributed by atoms with Crippen LogP contribution in [0.25, 0.3) is 0 Å². The van der Waals surface area contributed by atoms with Crippen LogP contribution >= 0.6 is 0 Å². The summed E-state index contributed by atoms with van der Waals surface area (Å²) in [6.07, 6.45) is 1.68. The number of benzene rings is 1. The number of rotatable bonds is 5. The molecule has 2 aliphatic rings. The van der Waals surface area contributed by atoms with Crippen molar-refractivity contribution >= 4 is 12.1 Å². The predicted octanol–water partition coefficient (Wildman–Crippen LogP) is 2.33. The van der Waals surface area contributed by atoms with Gasteiger partial charge in [-0.1, -0.05) is 30.3 Å². The number of carbonyl (C=O) groups is 2. The van der Waals surface area contributed by atoms with Crippen molar-refractivity contribution in [1.82, 2.24) is 5.32 Å². The number of fused-ring (bicyclic) bond motifs is 1. The van der Waals surface area contributed by atoms with Crippen molar-refractivity contribution in [1.29, 1.82) is 0 Å². The number of amides is 1. The fourth-order valence-corrected chi connectivity index (χ4v) is 3.65. The summed E-state index contributed by atoms with van der Waals surface area (Å²) in [6, 6.07) is 9.38. The van der Waals surface area contributed by atoms with Crippen molar-refractivity contribution in [2.45, 2.75) is 43.9 Å². The molecule has 1 heterocycles. The van der Waals surface area contributed by atoms with Crippen molar-refractivity contribution in [3.05, 3.63) is 35.9 Å². The molecule has 23 heavy (non-hydrogen) atoms. The average molecular weight is 319 g/mol. The lowest BCUT2D eigenvalue weighted by Gasteiger charge is -2.56. The predicted molar refractivity (Wildman–Crippen MR) is 81.8 cm³/mol. The molecule has 2 N–H and O–H groups in total. The van der Waals surface area contributed by atoms with E-state index in [1.807, 2.05) is 30.3 Å². The highest BCUT2D eigenvalue weighted by Gasteiger charge is 2.57. The summed E-state index contributed by atoms with van der Waals surface area (Å²) in [5.41, 5.74) is 0.146. The third-order valence-corrected chi connectivity index (χ3v) is 4.75. The monoisotopic (exact) mass is 319 g/mol. The molecule has 0 spiro atoms. The lowest BCUT2D eigenvalue weighted by molar-refractivity contribution is -0.161. The zero-order valence-electron chi connectivity index (χ0n) is 12.9. The van der Waals surface area contributed by atoms with Gasteiger partial charge in [-0.3, -0.25) is 4.79 Å². The Morgan fingerprint density at radius 3 is 2.83 bits per heavy atom. The zero-order valence-corrected chi connectivity index (χ0v) is 12.9. The van der Waals surface area contributed by atoms with Crippen LogP contribution in [-0.4, -0.2) is 35.4 Å². The van der Waals surface area contributed by atoms with E-state index in [1.165, 1.54) is 0 Å². The van der Waals surface area contributed by atoms with E-state index >= 15 is 0 Å². The molecule has 1 saturated heterocycles. The number of alkyl carbamates (subject to hydrolysis) is 1. The summed E-state index contributed by atoms with van der Waals surface area (Å²) < 4.78 is 10.9. The highest BCUT2D eigenvalue weighted by atomic mass is 16.5. The van der Waals surface area contributed by atoms with Crippen LogP contribution in [0.4, 0.5) is 4.79 Å². The summed E-state index contributed by atoms with van der Waals surface area (Å²) in [5.74, 6) is -0.867. The van der Waals surface area contributed by atoms with Crippen LogP contribution in [0.1, 0.15) is 31.2 Å². The largest absolute Gasteiger partial charge is 0.481 e. The van der Waals surface area contributed by atoms with Gasteiger partial charge in [0, 0.05) is 12.5 Å². The lowest BCUT2D eigenvalue weighted by Crippen LogP contribution is -2.69. The molecule has 1 amide bonds. The minimum absolute atomic E-state index is 0.0524. The Morgan fingerprint density at radius 1 is 1.35 bits per heavy atom. The van der Waals surface area contributed by atoms with Gasteiger partial charge >= 0.3 is 12.1 Å². The van der Waals surface area contributed by atoms with E-state index in [-0.39, 0.29) is 25.0 Å². The molecule has 6 nitrogen and oxygen atoms in total. The van der Waals surface area contributed by atoms with Crippen molar-refractivity contribution in [2.24, 2.45) is 5.92 Å². The molecule has 124 valence electrons. The van der Waals surface area contributed by atoms with Crippen molar-refractivity contribution in [2.75, 3.05) is 6.61 Å². The molecule has 3 unspecified atom stereocenters. The van der Waals surface area contributed by atoms with Crippen molar-refractivity contribution in [3.63, 3.8) is 0 Å².